The van der Waals surface area contributed by atoms with E-state index in [1.807, 2.05) is 0 Å². The highest BCUT2D eigenvalue weighted by Crippen LogP contribution is 2.42. The second kappa shape index (κ2) is 7.77. The topological polar surface area (TPSA) is 41.3 Å². The Morgan fingerprint density at radius 3 is 2.45 bits per heavy atom. The fourth-order valence-corrected chi connectivity index (χ4v) is 4.21. The Kier molecular flexibility index (Phi) is 6.31. The van der Waals surface area contributed by atoms with Crippen LogP contribution in [0.2, 0.25) is 0 Å². The highest BCUT2D eigenvalue weighted by Gasteiger charge is 2.33. The molecule has 1 saturated heterocycles. The Labute approximate surface area is 125 Å². The van der Waals surface area contributed by atoms with Crippen LogP contribution in [0.15, 0.2) is 0 Å². The summed E-state index contributed by atoms with van der Waals surface area (Å²) in [7, 11) is 0. The number of piperidine rings is 1. The van der Waals surface area contributed by atoms with Crippen molar-refractivity contribution in [3.63, 3.8) is 0 Å². The molecule has 0 aromatic heterocycles. The van der Waals surface area contributed by atoms with Crippen LogP contribution in [0.5, 0.6) is 0 Å². The lowest BCUT2D eigenvalue weighted by Crippen LogP contribution is -2.43. The highest BCUT2D eigenvalue weighted by atomic mass is 15.1. The third-order valence-corrected chi connectivity index (χ3v) is 5.24. The second-order valence-corrected chi connectivity index (χ2v) is 7.66. The highest BCUT2D eigenvalue weighted by molar-refractivity contribution is 4.87. The number of hydrogen-bond acceptors (Lipinski definition) is 3. The maximum absolute atomic E-state index is 5.96. The number of hydrogen-bond donors (Lipinski definition) is 2. The van der Waals surface area contributed by atoms with Crippen molar-refractivity contribution in [1.82, 2.24) is 10.2 Å². The molecule has 118 valence electrons. The predicted octanol–water partition coefficient (Wildman–Crippen LogP) is 2.61. The lowest BCUT2D eigenvalue weighted by molar-refractivity contribution is 0.196. The van der Waals surface area contributed by atoms with Crippen molar-refractivity contribution in [1.29, 1.82) is 0 Å². The SMILES string of the molecule is CC(C)CC1(CNCCN2CCC(N)CC2)CCCC1. The lowest BCUT2D eigenvalue weighted by Gasteiger charge is -2.33. The minimum atomic E-state index is 0.451. The molecule has 0 spiro atoms. The zero-order valence-electron chi connectivity index (χ0n) is 13.7. The third-order valence-electron chi connectivity index (χ3n) is 5.24. The summed E-state index contributed by atoms with van der Waals surface area (Å²) in [5.74, 6) is 0.832. The van der Waals surface area contributed by atoms with Gasteiger partial charge in [0.2, 0.25) is 0 Å². The molecule has 2 fully saturated rings. The molecular weight excluding hydrogens is 246 g/mol. The Morgan fingerprint density at radius 2 is 1.85 bits per heavy atom. The molecule has 2 aliphatic rings. The molecule has 3 nitrogen and oxygen atoms in total. The summed E-state index contributed by atoms with van der Waals surface area (Å²) in [4.78, 5) is 2.57. The van der Waals surface area contributed by atoms with E-state index in [4.69, 9.17) is 5.73 Å². The Bertz CT molecular complexity index is 263. The van der Waals surface area contributed by atoms with Gasteiger partial charge in [-0.3, -0.25) is 0 Å². The molecule has 0 atom stereocenters. The molecule has 1 aliphatic carbocycles. The number of likely N-dealkylation sites (tertiary alicyclic amines) is 1. The molecule has 1 heterocycles. The van der Waals surface area contributed by atoms with Crippen LogP contribution in [0.1, 0.15) is 58.8 Å². The first-order valence-corrected chi connectivity index (χ1v) is 8.78. The zero-order valence-corrected chi connectivity index (χ0v) is 13.7. The molecule has 0 bridgehead atoms. The average Bonchev–Trinajstić information content (AvgIpc) is 2.85. The van der Waals surface area contributed by atoms with Crippen LogP contribution >= 0.6 is 0 Å². The van der Waals surface area contributed by atoms with Gasteiger partial charge in [-0.15, -0.1) is 0 Å². The number of nitrogens with one attached hydrogen (secondary N) is 1. The van der Waals surface area contributed by atoms with E-state index in [2.05, 4.69) is 24.1 Å². The molecule has 1 saturated carbocycles. The number of nitrogens with two attached hydrogens (primary N) is 1. The lowest BCUT2D eigenvalue weighted by atomic mass is 9.78. The van der Waals surface area contributed by atoms with Gasteiger partial charge in [-0.05, 0) is 56.5 Å². The predicted molar refractivity (Wildman–Crippen MR) is 86.9 cm³/mol. The van der Waals surface area contributed by atoms with Crippen molar-refractivity contribution in [2.75, 3.05) is 32.7 Å². The van der Waals surface area contributed by atoms with Crippen LogP contribution < -0.4 is 11.1 Å². The summed E-state index contributed by atoms with van der Waals surface area (Å²) in [5.41, 5.74) is 6.57. The van der Waals surface area contributed by atoms with Crippen molar-refractivity contribution in [3.8, 4) is 0 Å². The van der Waals surface area contributed by atoms with Gasteiger partial charge in [0, 0.05) is 25.7 Å². The van der Waals surface area contributed by atoms with Gasteiger partial charge in [-0.2, -0.15) is 0 Å². The zero-order chi connectivity index (χ0) is 14.4. The van der Waals surface area contributed by atoms with E-state index in [9.17, 15) is 0 Å². The minimum Gasteiger partial charge on any atom is -0.328 e. The summed E-state index contributed by atoms with van der Waals surface area (Å²) in [5, 5.41) is 3.76. The Morgan fingerprint density at radius 1 is 1.20 bits per heavy atom. The summed E-state index contributed by atoms with van der Waals surface area (Å²) in [6.07, 6.45) is 9.53. The van der Waals surface area contributed by atoms with Crippen LogP contribution in [0.3, 0.4) is 0 Å². The van der Waals surface area contributed by atoms with Gasteiger partial charge in [-0.25, -0.2) is 0 Å². The van der Waals surface area contributed by atoms with Gasteiger partial charge in [0.1, 0.15) is 0 Å². The van der Waals surface area contributed by atoms with E-state index in [1.54, 1.807) is 0 Å². The van der Waals surface area contributed by atoms with Crippen LogP contribution in [0.25, 0.3) is 0 Å². The molecule has 0 amide bonds. The van der Waals surface area contributed by atoms with Gasteiger partial charge in [0.05, 0.1) is 0 Å². The first-order valence-electron chi connectivity index (χ1n) is 8.78. The number of rotatable bonds is 7. The van der Waals surface area contributed by atoms with Crippen molar-refractivity contribution >= 4 is 0 Å². The van der Waals surface area contributed by atoms with Gasteiger partial charge < -0.3 is 16.0 Å². The third kappa shape index (κ3) is 5.01. The molecule has 20 heavy (non-hydrogen) atoms. The summed E-state index contributed by atoms with van der Waals surface area (Å²) in [6, 6.07) is 0.451. The minimum absolute atomic E-state index is 0.451. The summed E-state index contributed by atoms with van der Waals surface area (Å²) in [6.45, 7) is 10.7. The van der Waals surface area contributed by atoms with Gasteiger partial charge >= 0.3 is 0 Å². The van der Waals surface area contributed by atoms with E-state index < -0.39 is 0 Å². The first kappa shape index (κ1) is 16.3. The van der Waals surface area contributed by atoms with Crippen LogP contribution in [-0.4, -0.2) is 43.7 Å². The van der Waals surface area contributed by atoms with E-state index in [1.165, 1.54) is 71.1 Å². The molecule has 3 N–H and O–H groups in total. The van der Waals surface area contributed by atoms with Crippen molar-refractivity contribution < 1.29 is 0 Å². The summed E-state index contributed by atoms with van der Waals surface area (Å²) < 4.78 is 0. The largest absolute Gasteiger partial charge is 0.328 e. The van der Waals surface area contributed by atoms with Crippen LogP contribution in [0, 0.1) is 11.3 Å². The molecule has 3 heteroatoms. The van der Waals surface area contributed by atoms with E-state index in [0.717, 1.165) is 12.5 Å². The monoisotopic (exact) mass is 281 g/mol. The molecule has 1 aliphatic heterocycles. The van der Waals surface area contributed by atoms with E-state index in [-0.39, 0.29) is 0 Å². The second-order valence-electron chi connectivity index (χ2n) is 7.66. The van der Waals surface area contributed by atoms with Crippen molar-refractivity contribution in [2.24, 2.45) is 17.1 Å². The summed E-state index contributed by atoms with van der Waals surface area (Å²) >= 11 is 0. The Hall–Kier alpha value is -0.120. The van der Waals surface area contributed by atoms with E-state index in [0.29, 0.717) is 11.5 Å². The van der Waals surface area contributed by atoms with Crippen LogP contribution in [-0.2, 0) is 0 Å². The maximum atomic E-state index is 5.96. The molecular formula is C17H35N3. The van der Waals surface area contributed by atoms with Crippen molar-refractivity contribution in [3.05, 3.63) is 0 Å². The van der Waals surface area contributed by atoms with Crippen molar-refractivity contribution in [2.45, 2.75) is 64.8 Å². The van der Waals surface area contributed by atoms with Crippen LogP contribution in [0.4, 0.5) is 0 Å². The fourth-order valence-electron chi connectivity index (χ4n) is 4.21. The van der Waals surface area contributed by atoms with Gasteiger partial charge in [0.25, 0.3) is 0 Å². The van der Waals surface area contributed by atoms with Gasteiger partial charge in [0.15, 0.2) is 0 Å². The average molecular weight is 281 g/mol. The normalized spacial score (nSPS) is 24.6. The maximum Gasteiger partial charge on any atom is 0.0107 e. The molecule has 0 aromatic carbocycles. The smallest absolute Gasteiger partial charge is 0.0107 e. The Balaban J connectivity index is 1.63. The molecule has 0 radical (unpaired) electrons. The molecule has 0 unspecified atom stereocenters. The standard InChI is InChI=1S/C17H35N3/c1-15(2)13-17(7-3-4-8-17)14-19-9-12-20-10-5-16(18)6-11-20/h15-16,19H,3-14,18H2,1-2H3. The van der Waals surface area contributed by atoms with Gasteiger partial charge in [-0.1, -0.05) is 26.7 Å². The first-order chi connectivity index (χ1) is 9.60. The molecule has 0 aromatic rings. The number of nitrogens with zero attached hydrogens (tertiary/aromatic N) is 1. The molecule has 2 rings (SSSR count). The fraction of sp³-hybridized carbons (Fsp3) is 1.00. The van der Waals surface area contributed by atoms with E-state index >= 15 is 0 Å². The quantitative estimate of drug-likeness (QED) is 0.705.